The highest BCUT2D eigenvalue weighted by Gasteiger charge is 2.29. The summed E-state index contributed by atoms with van der Waals surface area (Å²) in [5.74, 6) is -1.10. The van der Waals surface area contributed by atoms with Crippen LogP contribution in [0.5, 0.6) is 5.75 Å². The lowest BCUT2D eigenvalue weighted by Gasteiger charge is -2.31. The molecular weight excluding hydrogens is 372 g/mol. The number of carbonyl (C=O) groups excluding carboxylic acids is 3. The minimum atomic E-state index is -0.878. The highest BCUT2D eigenvalue weighted by atomic mass is 16.5. The van der Waals surface area contributed by atoms with Crippen molar-refractivity contribution >= 4 is 17.8 Å². The van der Waals surface area contributed by atoms with E-state index in [2.05, 4.69) is 5.32 Å². The van der Waals surface area contributed by atoms with Gasteiger partial charge in [0.05, 0.1) is 12.2 Å². The maximum Gasteiger partial charge on any atom is 0.329 e. The second-order valence-electron chi connectivity index (χ2n) is 7.72. The monoisotopic (exact) mass is 406 g/mol. The van der Waals surface area contributed by atoms with E-state index in [1.54, 1.807) is 43.0 Å². The van der Waals surface area contributed by atoms with Crippen molar-refractivity contribution in [1.29, 1.82) is 0 Å². The Kier molecular flexibility index (Phi) is 9.65. The van der Waals surface area contributed by atoms with Gasteiger partial charge in [0.2, 0.25) is 0 Å². The lowest BCUT2D eigenvalue weighted by Crippen LogP contribution is -2.48. The standard InChI is InChI=1S/C22H34N2O5/c1-8-28-18-12-10-9-11-17(18)21(26)23-20(14(2)3)22(27)29-13-19(25)24(15(4)5)16(6)7/h9-12,14-16,20H,8,13H2,1-7H3,(H,23,26)/t20-/m0/s1. The highest BCUT2D eigenvalue weighted by Crippen LogP contribution is 2.18. The number of hydrogen-bond acceptors (Lipinski definition) is 5. The Labute approximate surface area is 173 Å². The molecule has 0 heterocycles. The summed E-state index contributed by atoms with van der Waals surface area (Å²) in [5, 5.41) is 2.71. The van der Waals surface area contributed by atoms with E-state index in [9.17, 15) is 14.4 Å². The maximum absolute atomic E-state index is 12.7. The molecule has 0 aromatic heterocycles. The molecule has 0 aliphatic heterocycles. The summed E-state index contributed by atoms with van der Waals surface area (Å²) in [4.78, 5) is 39.4. The van der Waals surface area contributed by atoms with Crippen molar-refractivity contribution in [3.05, 3.63) is 29.8 Å². The quantitative estimate of drug-likeness (QED) is 0.604. The molecule has 1 N–H and O–H groups in total. The van der Waals surface area contributed by atoms with E-state index < -0.39 is 17.9 Å². The van der Waals surface area contributed by atoms with Gasteiger partial charge in [-0.05, 0) is 52.7 Å². The minimum Gasteiger partial charge on any atom is -0.493 e. The first-order valence-corrected chi connectivity index (χ1v) is 10.1. The third-order valence-corrected chi connectivity index (χ3v) is 4.38. The summed E-state index contributed by atoms with van der Waals surface area (Å²) in [6.07, 6.45) is 0. The van der Waals surface area contributed by atoms with E-state index >= 15 is 0 Å². The van der Waals surface area contributed by atoms with Crippen LogP contribution in [0.1, 0.15) is 58.8 Å². The van der Waals surface area contributed by atoms with Crippen molar-refractivity contribution in [2.24, 2.45) is 5.92 Å². The summed E-state index contributed by atoms with van der Waals surface area (Å²) in [6.45, 7) is 13.1. The third kappa shape index (κ3) is 7.07. The fraction of sp³-hybridized carbons (Fsp3) is 0.591. The first-order chi connectivity index (χ1) is 13.6. The first-order valence-electron chi connectivity index (χ1n) is 10.1. The van der Waals surface area contributed by atoms with Gasteiger partial charge >= 0.3 is 5.97 Å². The number of carbonyl (C=O) groups is 3. The summed E-state index contributed by atoms with van der Waals surface area (Å²) < 4.78 is 10.7. The van der Waals surface area contributed by atoms with Gasteiger partial charge in [-0.2, -0.15) is 0 Å². The number of nitrogens with one attached hydrogen (secondary N) is 1. The number of amides is 2. The molecule has 0 bridgehead atoms. The van der Waals surface area contributed by atoms with Crippen LogP contribution in [0.3, 0.4) is 0 Å². The molecule has 1 rings (SSSR count). The van der Waals surface area contributed by atoms with Crippen molar-refractivity contribution in [2.75, 3.05) is 13.2 Å². The molecule has 7 nitrogen and oxygen atoms in total. The van der Waals surface area contributed by atoms with Crippen LogP contribution < -0.4 is 10.1 Å². The van der Waals surface area contributed by atoms with Crippen LogP contribution in [-0.4, -0.2) is 54.0 Å². The SMILES string of the molecule is CCOc1ccccc1C(=O)N[C@H](C(=O)OCC(=O)N(C(C)C)C(C)C)C(C)C. The molecule has 0 saturated heterocycles. The van der Waals surface area contributed by atoms with Crippen molar-refractivity contribution in [3.63, 3.8) is 0 Å². The largest absolute Gasteiger partial charge is 0.493 e. The van der Waals surface area contributed by atoms with Crippen molar-refractivity contribution in [1.82, 2.24) is 10.2 Å². The van der Waals surface area contributed by atoms with Crippen LogP contribution in [0.4, 0.5) is 0 Å². The van der Waals surface area contributed by atoms with Crippen LogP contribution in [0, 0.1) is 5.92 Å². The number of rotatable bonds is 10. The van der Waals surface area contributed by atoms with Gasteiger partial charge in [-0.1, -0.05) is 26.0 Å². The van der Waals surface area contributed by atoms with Crippen LogP contribution in [0.15, 0.2) is 24.3 Å². The summed E-state index contributed by atoms with van der Waals surface area (Å²) in [7, 11) is 0. The number of ether oxygens (including phenoxy) is 2. The minimum absolute atomic E-state index is 0.00290. The molecule has 1 atom stereocenters. The molecule has 29 heavy (non-hydrogen) atoms. The lowest BCUT2D eigenvalue weighted by molar-refractivity contribution is -0.155. The van der Waals surface area contributed by atoms with Gasteiger partial charge < -0.3 is 19.7 Å². The number of benzene rings is 1. The average Bonchev–Trinajstić information content (AvgIpc) is 2.63. The van der Waals surface area contributed by atoms with E-state index in [0.29, 0.717) is 17.9 Å². The Morgan fingerprint density at radius 3 is 2.10 bits per heavy atom. The van der Waals surface area contributed by atoms with E-state index in [1.165, 1.54) is 0 Å². The van der Waals surface area contributed by atoms with Crippen LogP contribution in [0.2, 0.25) is 0 Å². The zero-order valence-corrected chi connectivity index (χ0v) is 18.5. The zero-order chi connectivity index (χ0) is 22.1. The molecule has 0 fully saturated rings. The van der Waals surface area contributed by atoms with Crippen molar-refractivity contribution in [2.45, 2.75) is 66.6 Å². The van der Waals surface area contributed by atoms with Crippen molar-refractivity contribution < 1.29 is 23.9 Å². The summed E-state index contributed by atoms with van der Waals surface area (Å²) in [5.41, 5.74) is 0.342. The molecule has 2 amide bonds. The van der Waals surface area contributed by atoms with Gasteiger partial charge in [-0.25, -0.2) is 4.79 Å². The fourth-order valence-corrected chi connectivity index (χ4v) is 3.12. The van der Waals surface area contributed by atoms with Gasteiger partial charge in [0.15, 0.2) is 6.61 Å². The number of esters is 1. The van der Waals surface area contributed by atoms with Gasteiger partial charge in [-0.3, -0.25) is 9.59 Å². The molecule has 1 aromatic carbocycles. The molecule has 1 aromatic rings. The van der Waals surface area contributed by atoms with E-state index in [4.69, 9.17) is 9.47 Å². The number of nitrogens with zero attached hydrogens (tertiary/aromatic N) is 1. The van der Waals surface area contributed by atoms with Gasteiger partial charge in [0.25, 0.3) is 11.8 Å². The van der Waals surface area contributed by atoms with E-state index in [1.807, 2.05) is 34.6 Å². The Balaban J connectivity index is 2.84. The van der Waals surface area contributed by atoms with E-state index in [-0.39, 0.29) is 30.5 Å². The number of para-hydroxylation sites is 1. The molecule has 0 saturated carbocycles. The molecule has 7 heteroatoms. The second kappa shape index (κ2) is 11.4. The second-order valence-corrected chi connectivity index (χ2v) is 7.72. The topological polar surface area (TPSA) is 84.9 Å². The lowest BCUT2D eigenvalue weighted by atomic mass is 10.0. The van der Waals surface area contributed by atoms with Crippen LogP contribution in [-0.2, 0) is 14.3 Å². The molecule has 0 unspecified atom stereocenters. The van der Waals surface area contributed by atoms with Crippen molar-refractivity contribution in [3.8, 4) is 5.75 Å². The summed E-state index contributed by atoms with van der Waals surface area (Å²) >= 11 is 0. The highest BCUT2D eigenvalue weighted by molar-refractivity contribution is 5.99. The van der Waals surface area contributed by atoms with Gasteiger partial charge in [-0.15, -0.1) is 0 Å². The predicted molar refractivity (Wildman–Crippen MR) is 112 cm³/mol. The third-order valence-electron chi connectivity index (χ3n) is 4.38. The first kappa shape index (κ1) is 24.5. The normalized spacial score (nSPS) is 12.1. The average molecular weight is 407 g/mol. The zero-order valence-electron chi connectivity index (χ0n) is 18.5. The predicted octanol–water partition coefficient (Wildman–Crippen LogP) is 3.03. The maximum atomic E-state index is 12.7. The molecule has 162 valence electrons. The van der Waals surface area contributed by atoms with E-state index in [0.717, 1.165) is 0 Å². The Morgan fingerprint density at radius 1 is 1.00 bits per heavy atom. The smallest absolute Gasteiger partial charge is 0.329 e. The molecule has 0 aliphatic rings. The summed E-state index contributed by atoms with van der Waals surface area (Å²) in [6, 6.07) is 5.95. The molecule has 0 spiro atoms. The van der Waals surface area contributed by atoms with Crippen LogP contribution in [0.25, 0.3) is 0 Å². The van der Waals surface area contributed by atoms with Gasteiger partial charge in [0.1, 0.15) is 11.8 Å². The number of hydrogen-bond donors (Lipinski definition) is 1. The Hall–Kier alpha value is -2.57. The fourth-order valence-electron chi connectivity index (χ4n) is 3.12. The molecule has 0 radical (unpaired) electrons. The molecular formula is C22H34N2O5. The van der Waals surface area contributed by atoms with Crippen LogP contribution >= 0.6 is 0 Å². The Morgan fingerprint density at radius 2 is 1.59 bits per heavy atom. The van der Waals surface area contributed by atoms with Gasteiger partial charge in [0, 0.05) is 12.1 Å². The Bertz CT molecular complexity index is 692. The molecule has 0 aliphatic carbocycles.